The molecule has 0 bridgehead atoms. The summed E-state index contributed by atoms with van der Waals surface area (Å²) in [4.78, 5) is 24.4. The lowest BCUT2D eigenvalue weighted by Crippen LogP contribution is -2.32. The monoisotopic (exact) mass is 426 g/mol. The molecule has 1 aliphatic rings. The Morgan fingerprint density at radius 1 is 1.10 bits per heavy atom. The Morgan fingerprint density at radius 2 is 1.87 bits per heavy atom. The molecule has 1 aromatic heterocycles. The second kappa shape index (κ2) is 9.13. The Bertz CT molecular complexity index is 1040. The molecule has 8 nitrogen and oxygen atoms in total. The van der Waals surface area contributed by atoms with E-state index in [1.54, 1.807) is 41.1 Å². The molecule has 0 atom stereocenters. The molecule has 9 heteroatoms. The highest BCUT2D eigenvalue weighted by atomic mass is 35.5. The number of hydrogen-bond acceptors (Lipinski definition) is 4. The molecule has 0 spiro atoms. The van der Waals surface area contributed by atoms with Crippen molar-refractivity contribution in [2.24, 2.45) is 0 Å². The number of anilines is 1. The van der Waals surface area contributed by atoms with Gasteiger partial charge in [-0.1, -0.05) is 29.7 Å². The van der Waals surface area contributed by atoms with Crippen molar-refractivity contribution in [3.05, 3.63) is 53.1 Å². The number of carbonyl (C=O) groups excluding carboxylic acids is 2. The lowest BCUT2D eigenvalue weighted by Gasteiger charge is -2.11. The van der Waals surface area contributed by atoms with Crippen LogP contribution in [0.5, 0.6) is 0 Å². The van der Waals surface area contributed by atoms with Gasteiger partial charge in [-0.05, 0) is 55.3 Å². The molecule has 2 aromatic carbocycles. The Balaban J connectivity index is 1.31. The highest BCUT2D eigenvalue weighted by Gasteiger charge is 2.18. The molecule has 1 heterocycles. The number of halogens is 1. The number of nitrogens with zero attached hydrogens (tertiary/aromatic N) is 3. The number of benzene rings is 2. The number of aromatic nitrogens is 3. The van der Waals surface area contributed by atoms with Gasteiger partial charge in [-0.15, -0.1) is 5.10 Å². The van der Waals surface area contributed by atoms with Crippen LogP contribution in [0.4, 0.5) is 10.5 Å². The third-order valence-electron chi connectivity index (χ3n) is 5.18. The van der Waals surface area contributed by atoms with Crippen LogP contribution < -0.4 is 16.0 Å². The van der Waals surface area contributed by atoms with Crippen molar-refractivity contribution in [2.45, 2.75) is 38.3 Å². The predicted octanol–water partition coefficient (Wildman–Crippen LogP) is 3.58. The first-order chi connectivity index (χ1) is 14.6. The molecule has 0 unspecified atom stereocenters. The second-order valence-corrected chi connectivity index (χ2v) is 7.80. The number of carbonyl (C=O) groups is 2. The zero-order chi connectivity index (χ0) is 20.9. The average molecular weight is 427 g/mol. The van der Waals surface area contributed by atoms with E-state index in [1.165, 1.54) is 12.8 Å². The van der Waals surface area contributed by atoms with Crippen molar-refractivity contribution >= 4 is 40.3 Å². The summed E-state index contributed by atoms with van der Waals surface area (Å²) in [5.74, 6) is -0.0705. The number of urea groups is 1. The summed E-state index contributed by atoms with van der Waals surface area (Å²) in [6.07, 6.45) is 4.43. The predicted molar refractivity (Wildman–Crippen MR) is 116 cm³/mol. The molecule has 30 heavy (non-hydrogen) atoms. The summed E-state index contributed by atoms with van der Waals surface area (Å²) in [5, 5.41) is 17.5. The molecule has 4 rings (SSSR count). The molecule has 0 saturated heterocycles. The zero-order valence-electron chi connectivity index (χ0n) is 16.4. The molecule has 156 valence electrons. The van der Waals surface area contributed by atoms with Gasteiger partial charge in [0.25, 0.3) is 5.91 Å². The minimum absolute atomic E-state index is 0.0705. The fraction of sp³-hybridized carbons (Fsp3) is 0.333. The Hall–Kier alpha value is -3.13. The van der Waals surface area contributed by atoms with Crippen molar-refractivity contribution in [2.75, 3.05) is 11.9 Å². The summed E-state index contributed by atoms with van der Waals surface area (Å²) in [6.45, 7) is 0.833. The van der Waals surface area contributed by atoms with E-state index in [0.29, 0.717) is 34.9 Å². The van der Waals surface area contributed by atoms with E-state index in [2.05, 4.69) is 26.3 Å². The van der Waals surface area contributed by atoms with Crippen LogP contribution in [-0.4, -0.2) is 39.5 Å². The van der Waals surface area contributed by atoms with Crippen molar-refractivity contribution in [3.63, 3.8) is 0 Å². The van der Waals surface area contributed by atoms with E-state index in [0.717, 1.165) is 18.4 Å². The zero-order valence-corrected chi connectivity index (χ0v) is 17.2. The standard InChI is InChI=1S/C21H23ClN6O2/c22-15-6-8-17(9-7-15)25-21(30)23-11-12-28-19-10-5-14(13-18(19)26-27-28)20(29)24-16-3-1-2-4-16/h5-10,13,16H,1-4,11-12H2,(H,24,29)(H2,23,25,30). The van der Waals surface area contributed by atoms with Crippen LogP contribution in [0.2, 0.25) is 5.02 Å². The van der Waals surface area contributed by atoms with Gasteiger partial charge in [0, 0.05) is 28.9 Å². The Morgan fingerprint density at radius 3 is 2.63 bits per heavy atom. The van der Waals surface area contributed by atoms with Crippen molar-refractivity contribution < 1.29 is 9.59 Å². The summed E-state index contributed by atoms with van der Waals surface area (Å²) in [7, 11) is 0. The largest absolute Gasteiger partial charge is 0.349 e. The van der Waals surface area contributed by atoms with Crippen LogP contribution >= 0.6 is 11.6 Å². The number of nitrogens with one attached hydrogen (secondary N) is 3. The van der Waals surface area contributed by atoms with Crippen LogP contribution in [0, 0.1) is 0 Å². The van der Waals surface area contributed by atoms with E-state index in [-0.39, 0.29) is 18.0 Å². The molecule has 0 radical (unpaired) electrons. The topological polar surface area (TPSA) is 101 Å². The number of amides is 3. The average Bonchev–Trinajstić information content (AvgIpc) is 3.39. The summed E-state index contributed by atoms with van der Waals surface area (Å²) < 4.78 is 1.70. The minimum Gasteiger partial charge on any atom is -0.349 e. The molecule has 0 aliphatic heterocycles. The van der Waals surface area contributed by atoms with Gasteiger partial charge < -0.3 is 16.0 Å². The number of hydrogen-bond donors (Lipinski definition) is 3. The third kappa shape index (κ3) is 4.88. The van der Waals surface area contributed by atoms with Crippen molar-refractivity contribution in [3.8, 4) is 0 Å². The Labute approximate surface area is 179 Å². The van der Waals surface area contributed by atoms with Crippen molar-refractivity contribution in [1.82, 2.24) is 25.6 Å². The van der Waals surface area contributed by atoms with Gasteiger partial charge in [-0.3, -0.25) is 4.79 Å². The maximum absolute atomic E-state index is 12.4. The molecular weight excluding hydrogens is 404 g/mol. The van der Waals surface area contributed by atoms with Crippen LogP contribution in [0.25, 0.3) is 11.0 Å². The van der Waals surface area contributed by atoms with E-state index in [4.69, 9.17) is 11.6 Å². The van der Waals surface area contributed by atoms with Gasteiger partial charge in [0.1, 0.15) is 5.52 Å². The maximum Gasteiger partial charge on any atom is 0.319 e. The molecule has 1 saturated carbocycles. The molecule has 1 aliphatic carbocycles. The molecule has 3 amide bonds. The number of rotatable bonds is 6. The van der Waals surface area contributed by atoms with E-state index < -0.39 is 0 Å². The normalized spacial score (nSPS) is 14.0. The van der Waals surface area contributed by atoms with E-state index in [9.17, 15) is 9.59 Å². The van der Waals surface area contributed by atoms with Crippen LogP contribution in [0.1, 0.15) is 36.0 Å². The first-order valence-corrected chi connectivity index (χ1v) is 10.4. The minimum atomic E-state index is -0.312. The molecule has 1 fully saturated rings. The van der Waals surface area contributed by atoms with Gasteiger partial charge in [-0.2, -0.15) is 0 Å². The maximum atomic E-state index is 12.4. The fourth-order valence-corrected chi connectivity index (χ4v) is 3.73. The second-order valence-electron chi connectivity index (χ2n) is 7.36. The van der Waals surface area contributed by atoms with Gasteiger partial charge in [0.15, 0.2) is 0 Å². The van der Waals surface area contributed by atoms with Crippen molar-refractivity contribution in [1.29, 1.82) is 0 Å². The summed E-state index contributed by atoms with van der Waals surface area (Å²) in [5.41, 5.74) is 2.71. The lowest BCUT2D eigenvalue weighted by molar-refractivity contribution is 0.0938. The first-order valence-electron chi connectivity index (χ1n) is 10.0. The highest BCUT2D eigenvalue weighted by molar-refractivity contribution is 6.30. The quantitative estimate of drug-likeness (QED) is 0.560. The van der Waals surface area contributed by atoms with Gasteiger partial charge >= 0.3 is 6.03 Å². The lowest BCUT2D eigenvalue weighted by atomic mass is 10.1. The molecule has 3 N–H and O–H groups in total. The van der Waals surface area contributed by atoms with Gasteiger partial charge in [0.2, 0.25) is 0 Å². The van der Waals surface area contributed by atoms with Crippen LogP contribution in [-0.2, 0) is 6.54 Å². The fourth-order valence-electron chi connectivity index (χ4n) is 3.60. The molecular formula is C21H23ClN6O2. The van der Waals surface area contributed by atoms with E-state index in [1.807, 2.05) is 6.07 Å². The summed E-state index contributed by atoms with van der Waals surface area (Å²) >= 11 is 5.84. The van der Waals surface area contributed by atoms with Crippen LogP contribution in [0.3, 0.4) is 0 Å². The van der Waals surface area contributed by atoms with E-state index >= 15 is 0 Å². The smallest absolute Gasteiger partial charge is 0.319 e. The third-order valence-corrected chi connectivity index (χ3v) is 5.43. The number of fused-ring (bicyclic) bond motifs is 1. The van der Waals surface area contributed by atoms with Gasteiger partial charge in [-0.25, -0.2) is 9.48 Å². The van der Waals surface area contributed by atoms with Gasteiger partial charge in [0.05, 0.1) is 12.1 Å². The first kappa shape index (κ1) is 20.2. The summed E-state index contributed by atoms with van der Waals surface area (Å²) in [6, 6.07) is 12.2. The highest BCUT2D eigenvalue weighted by Crippen LogP contribution is 2.19. The Kier molecular flexibility index (Phi) is 6.13. The van der Waals surface area contributed by atoms with Crippen LogP contribution in [0.15, 0.2) is 42.5 Å². The molecule has 3 aromatic rings. The SMILES string of the molecule is O=C(NCCn1nnc2cc(C(=O)NC3CCCC3)ccc21)Nc1ccc(Cl)cc1.